The summed E-state index contributed by atoms with van der Waals surface area (Å²) < 4.78 is 0. The monoisotopic (exact) mass is 210 g/mol. The molecule has 88 valence electrons. The molecule has 0 aliphatic carbocycles. The minimum Gasteiger partial charge on any atom is -0.316 e. The molecule has 2 aliphatic heterocycles. The molecule has 0 radical (unpaired) electrons. The van der Waals surface area contributed by atoms with Crippen molar-refractivity contribution in [3.05, 3.63) is 0 Å². The van der Waals surface area contributed by atoms with Crippen LogP contribution in [0.15, 0.2) is 0 Å². The van der Waals surface area contributed by atoms with Gasteiger partial charge in [-0.2, -0.15) is 0 Å². The van der Waals surface area contributed by atoms with E-state index in [9.17, 15) is 0 Å². The van der Waals surface area contributed by atoms with E-state index in [1.54, 1.807) is 0 Å². The zero-order valence-corrected chi connectivity index (χ0v) is 10.2. The molecule has 1 N–H and O–H groups in total. The minimum absolute atomic E-state index is 0.856. The smallest absolute Gasteiger partial charge is 0.00674 e. The van der Waals surface area contributed by atoms with Gasteiger partial charge in [0, 0.05) is 6.04 Å². The summed E-state index contributed by atoms with van der Waals surface area (Å²) in [5.74, 6) is 0.969. The van der Waals surface area contributed by atoms with Gasteiger partial charge in [0.1, 0.15) is 0 Å². The maximum atomic E-state index is 3.51. The predicted molar refractivity (Wildman–Crippen MR) is 65.1 cm³/mol. The fourth-order valence-electron chi connectivity index (χ4n) is 3.08. The number of hydrogen-bond donors (Lipinski definition) is 1. The minimum atomic E-state index is 0.856. The molecule has 2 nitrogen and oxygen atoms in total. The summed E-state index contributed by atoms with van der Waals surface area (Å²) >= 11 is 0. The van der Waals surface area contributed by atoms with Gasteiger partial charge in [0.2, 0.25) is 0 Å². The van der Waals surface area contributed by atoms with E-state index in [4.69, 9.17) is 0 Å². The first-order valence-corrected chi connectivity index (χ1v) is 6.81. The summed E-state index contributed by atoms with van der Waals surface area (Å²) in [4.78, 5) is 2.68. The Balaban J connectivity index is 1.57. The SMILES string of the molecule is CC1CCCN1CCCC1CCCNC1. The van der Waals surface area contributed by atoms with Gasteiger partial charge in [-0.1, -0.05) is 0 Å². The molecule has 2 fully saturated rings. The number of rotatable bonds is 4. The Morgan fingerprint density at radius 1 is 1.27 bits per heavy atom. The first-order chi connectivity index (χ1) is 7.36. The summed E-state index contributed by atoms with van der Waals surface area (Å²) in [6.07, 6.45) is 8.55. The molecule has 2 saturated heterocycles. The molecule has 0 aromatic carbocycles. The Kier molecular flexibility index (Phi) is 4.45. The summed E-state index contributed by atoms with van der Waals surface area (Å²) in [7, 11) is 0. The molecular formula is C13H26N2. The summed E-state index contributed by atoms with van der Waals surface area (Å²) in [5, 5.41) is 3.51. The van der Waals surface area contributed by atoms with E-state index >= 15 is 0 Å². The second-order valence-corrected chi connectivity index (χ2v) is 5.38. The van der Waals surface area contributed by atoms with Crippen molar-refractivity contribution in [3.63, 3.8) is 0 Å². The first-order valence-electron chi connectivity index (χ1n) is 6.81. The van der Waals surface area contributed by atoms with E-state index in [0.717, 1.165) is 12.0 Å². The predicted octanol–water partition coefficient (Wildman–Crippen LogP) is 2.25. The van der Waals surface area contributed by atoms with Crippen LogP contribution in [0.2, 0.25) is 0 Å². The van der Waals surface area contributed by atoms with Crippen molar-refractivity contribution in [2.75, 3.05) is 26.2 Å². The van der Waals surface area contributed by atoms with E-state index in [-0.39, 0.29) is 0 Å². The van der Waals surface area contributed by atoms with Crippen LogP contribution in [-0.4, -0.2) is 37.1 Å². The van der Waals surface area contributed by atoms with Crippen LogP contribution in [0.5, 0.6) is 0 Å². The lowest BCUT2D eigenvalue weighted by Crippen LogP contribution is -2.31. The van der Waals surface area contributed by atoms with E-state index in [1.165, 1.54) is 64.7 Å². The molecule has 2 unspecified atom stereocenters. The molecule has 2 aliphatic rings. The van der Waals surface area contributed by atoms with Gasteiger partial charge in [0.05, 0.1) is 0 Å². The molecule has 0 bridgehead atoms. The highest BCUT2D eigenvalue weighted by Crippen LogP contribution is 2.20. The Morgan fingerprint density at radius 2 is 2.20 bits per heavy atom. The third-order valence-corrected chi connectivity index (χ3v) is 4.15. The van der Waals surface area contributed by atoms with Gasteiger partial charge < -0.3 is 10.2 Å². The summed E-state index contributed by atoms with van der Waals surface area (Å²) in [6, 6.07) is 0.856. The highest BCUT2D eigenvalue weighted by Gasteiger charge is 2.20. The van der Waals surface area contributed by atoms with Gasteiger partial charge >= 0.3 is 0 Å². The number of nitrogens with one attached hydrogen (secondary N) is 1. The van der Waals surface area contributed by atoms with E-state index in [2.05, 4.69) is 17.1 Å². The molecular weight excluding hydrogens is 184 g/mol. The number of hydrogen-bond acceptors (Lipinski definition) is 2. The summed E-state index contributed by atoms with van der Waals surface area (Å²) in [5.41, 5.74) is 0. The fourth-order valence-corrected chi connectivity index (χ4v) is 3.08. The van der Waals surface area contributed by atoms with Gasteiger partial charge in [0.15, 0.2) is 0 Å². The maximum Gasteiger partial charge on any atom is 0.00674 e. The van der Waals surface area contributed by atoms with Gasteiger partial charge in [-0.3, -0.25) is 0 Å². The van der Waals surface area contributed by atoms with Crippen molar-refractivity contribution >= 4 is 0 Å². The molecule has 0 aromatic heterocycles. The third-order valence-electron chi connectivity index (χ3n) is 4.15. The fraction of sp³-hybridized carbons (Fsp3) is 1.00. The molecule has 15 heavy (non-hydrogen) atoms. The number of piperidine rings is 1. The van der Waals surface area contributed by atoms with E-state index in [0.29, 0.717) is 0 Å². The Labute approximate surface area is 94.4 Å². The lowest BCUT2D eigenvalue weighted by atomic mass is 9.94. The highest BCUT2D eigenvalue weighted by atomic mass is 15.2. The molecule has 2 rings (SSSR count). The van der Waals surface area contributed by atoms with Crippen LogP contribution in [0, 0.1) is 5.92 Å². The largest absolute Gasteiger partial charge is 0.316 e. The zero-order chi connectivity index (χ0) is 10.5. The normalized spacial score (nSPS) is 33.4. The number of likely N-dealkylation sites (tertiary alicyclic amines) is 1. The van der Waals surface area contributed by atoms with Crippen molar-refractivity contribution < 1.29 is 0 Å². The molecule has 0 saturated carbocycles. The number of nitrogens with zero attached hydrogens (tertiary/aromatic N) is 1. The molecule has 2 atom stereocenters. The second kappa shape index (κ2) is 5.86. The van der Waals surface area contributed by atoms with Crippen LogP contribution in [0.3, 0.4) is 0 Å². The van der Waals surface area contributed by atoms with Gasteiger partial charge in [0.25, 0.3) is 0 Å². The first kappa shape index (κ1) is 11.4. The summed E-state index contributed by atoms with van der Waals surface area (Å²) in [6.45, 7) is 7.60. The lowest BCUT2D eigenvalue weighted by molar-refractivity contribution is 0.248. The van der Waals surface area contributed by atoms with E-state index in [1.807, 2.05) is 0 Å². The lowest BCUT2D eigenvalue weighted by Gasteiger charge is -2.25. The van der Waals surface area contributed by atoms with Crippen LogP contribution in [0.4, 0.5) is 0 Å². The van der Waals surface area contributed by atoms with Crippen molar-refractivity contribution in [2.24, 2.45) is 5.92 Å². The topological polar surface area (TPSA) is 15.3 Å². The van der Waals surface area contributed by atoms with Gasteiger partial charge in [-0.15, -0.1) is 0 Å². The molecule has 2 heteroatoms. The third kappa shape index (κ3) is 3.46. The standard InChI is InChI=1S/C13H26N2/c1-12-5-3-9-15(12)10-4-7-13-6-2-8-14-11-13/h12-14H,2-11H2,1H3. The van der Waals surface area contributed by atoms with Crippen LogP contribution in [0.25, 0.3) is 0 Å². The van der Waals surface area contributed by atoms with E-state index < -0.39 is 0 Å². The second-order valence-electron chi connectivity index (χ2n) is 5.38. The molecule has 0 aromatic rings. The van der Waals surface area contributed by atoms with Gasteiger partial charge in [-0.05, 0) is 77.5 Å². The van der Waals surface area contributed by atoms with Crippen LogP contribution in [0.1, 0.15) is 45.4 Å². The quantitative estimate of drug-likeness (QED) is 0.765. The van der Waals surface area contributed by atoms with Crippen molar-refractivity contribution in [2.45, 2.75) is 51.5 Å². The maximum absolute atomic E-state index is 3.51. The van der Waals surface area contributed by atoms with Crippen molar-refractivity contribution in [1.29, 1.82) is 0 Å². The molecule has 2 heterocycles. The van der Waals surface area contributed by atoms with Crippen LogP contribution >= 0.6 is 0 Å². The van der Waals surface area contributed by atoms with Crippen molar-refractivity contribution in [3.8, 4) is 0 Å². The zero-order valence-electron chi connectivity index (χ0n) is 10.2. The average Bonchev–Trinajstić information content (AvgIpc) is 2.66. The van der Waals surface area contributed by atoms with Crippen LogP contribution in [-0.2, 0) is 0 Å². The Morgan fingerprint density at radius 3 is 2.87 bits per heavy atom. The highest BCUT2D eigenvalue weighted by molar-refractivity contribution is 4.76. The van der Waals surface area contributed by atoms with Crippen molar-refractivity contribution in [1.82, 2.24) is 10.2 Å². The Hall–Kier alpha value is -0.0800. The Bertz CT molecular complexity index is 175. The molecule has 0 spiro atoms. The van der Waals surface area contributed by atoms with Crippen LogP contribution < -0.4 is 5.32 Å². The average molecular weight is 210 g/mol. The molecule has 0 amide bonds. The van der Waals surface area contributed by atoms with Gasteiger partial charge in [-0.25, -0.2) is 0 Å².